The van der Waals surface area contributed by atoms with Crippen molar-refractivity contribution < 1.29 is 4.79 Å². The first-order chi connectivity index (χ1) is 13.0. The van der Waals surface area contributed by atoms with Gasteiger partial charge in [-0.05, 0) is 50.1 Å². The molecule has 0 saturated heterocycles. The molecule has 1 atom stereocenters. The smallest absolute Gasteiger partial charge is 0.262 e. The topological polar surface area (TPSA) is 64.0 Å². The number of aromatic nitrogens is 2. The zero-order valence-electron chi connectivity index (χ0n) is 15.7. The Hall–Kier alpha value is -2.60. The van der Waals surface area contributed by atoms with Crippen LogP contribution >= 0.6 is 11.8 Å². The van der Waals surface area contributed by atoms with Crippen LogP contribution in [0.1, 0.15) is 25.8 Å². The second-order valence-corrected chi connectivity index (χ2v) is 7.50. The average Bonchev–Trinajstić information content (AvgIpc) is 2.66. The van der Waals surface area contributed by atoms with Gasteiger partial charge in [0.1, 0.15) is 0 Å². The molecule has 5 nitrogen and oxygen atoms in total. The van der Waals surface area contributed by atoms with Crippen LogP contribution in [0.25, 0.3) is 10.9 Å². The van der Waals surface area contributed by atoms with Crippen molar-refractivity contribution >= 4 is 34.3 Å². The van der Waals surface area contributed by atoms with Gasteiger partial charge in [-0.15, -0.1) is 0 Å². The van der Waals surface area contributed by atoms with E-state index < -0.39 is 0 Å². The number of benzene rings is 2. The van der Waals surface area contributed by atoms with Crippen LogP contribution in [0.3, 0.4) is 0 Å². The highest BCUT2D eigenvalue weighted by Crippen LogP contribution is 2.26. The number of hydrogen-bond donors (Lipinski definition) is 1. The number of anilines is 1. The lowest BCUT2D eigenvalue weighted by Crippen LogP contribution is -2.28. The highest BCUT2D eigenvalue weighted by Gasteiger charge is 2.21. The van der Waals surface area contributed by atoms with Crippen LogP contribution in [0.5, 0.6) is 0 Å². The van der Waals surface area contributed by atoms with E-state index in [-0.39, 0.29) is 16.7 Å². The SMILES string of the molecule is CCC(Sc1nc2ccccc2c(=O)n1CC)C(=O)Nc1cccc(C)c1. The second-order valence-electron chi connectivity index (χ2n) is 6.33. The Labute approximate surface area is 162 Å². The molecule has 0 radical (unpaired) electrons. The molecular weight excluding hydrogens is 358 g/mol. The number of rotatable bonds is 6. The fraction of sp³-hybridized carbons (Fsp3) is 0.286. The third-order valence-electron chi connectivity index (χ3n) is 4.34. The molecule has 0 aliphatic carbocycles. The molecule has 0 aliphatic heterocycles. The van der Waals surface area contributed by atoms with Gasteiger partial charge >= 0.3 is 0 Å². The van der Waals surface area contributed by atoms with Gasteiger partial charge in [-0.2, -0.15) is 0 Å². The number of fused-ring (bicyclic) bond motifs is 1. The van der Waals surface area contributed by atoms with Crippen molar-refractivity contribution in [1.29, 1.82) is 0 Å². The quantitative estimate of drug-likeness (QED) is 0.512. The number of amides is 1. The van der Waals surface area contributed by atoms with Gasteiger partial charge in [-0.1, -0.05) is 43.0 Å². The molecule has 0 bridgehead atoms. The Balaban J connectivity index is 1.89. The van der Waals surface area contributed by atoms with Crippen molar-refractivity contribution in [3.63, 3.8) is 0 Å². The molecule has 2 aromatic carbocycles. The summed E-state index contributed by atoms with van der Waals surface area (Å²) in [6.07, 6.45) is 0.634. The van der Waals surface area contributed by atoms with Gasteiger partial charge in [0.15, 0.2) is 5.16 Å². The van der Waals surface area contributed by atoms with Crippen molar-refractivity contribution in [3.8, 4) is 0 Å². The summed E-state index contributed by atoms with van der Waals surface area (Å²) in [4.78, 5) is 30.2. The molecule has 1 unspecified atom stereocenters. The first-order valence-electron chi connectivity index (χ1n) is 9.07. The molecule has 3 rings (SSSR count). The van der Waals surface area contributed by atoms with Crippen molar-refractivity contribution in [2.24, 2.45) is 0 Å². The van der Waals surface area contributed by atoms with E-state index in [4.69, 9.17) is 0 Å². The van der Waals surface area contributed by atoms with Crippen LogP contribution in [0.4, 0.5) is 5.69 Å². The van der Waals surface area contributed by atoms with Gasteiger partial charge < -0.3 is 5.32 Å². The average molecular weight is 382 g/mol. The van der Waals surface area contributed by atoms with E-state index in [2.05, 4.69) is 10.3 Å². The number of nitrogens with one attached hydrogen (secondary N) is 1. The minimum atomic E-state index is -0.337. The molecular formula is C21H23N3O2S. The number of carbonyl (C=O) groups is 1. The molecule has 0 fully saturated rings. The van der Waals surface area contributed by atoms with Crippen molar-refractivity contribution in [2.75, 3.05) is 5.32 Å². The molecule has 6 heteroatoms. The molecule has 0 spiro atoms. The summed E-state index contributed by atoms with van der Waals surface area (Å²) in [5, 5.41) is 3.81. The largest absolute Gasteiger partial charge is 0.325 e. The molecule has 27 heavy (non-hydrogen) atoms. The monoisotopic (exact) mass is 381 g/mol. The van der Waals surface area contributed by atoms with E-state index in [1.807, 2.05) is 63.2 Å². The molecule has 0 saturated carbocycles. The van der Waals surface area contributed by atoms with Crippen LogP contribution in [0, 0.1) is 6.92 Å². The van der Waals surface area contributed by atoms with E-state index in [1.165, 1.54) is 11.8 Å². The predicted molar refractivity (Wildman–Crippen MR) is 111 cm³/mol. The van der Waals surface area contributed by atoms with Crippen molar-refractivity contribution in [3.05, 3.63) is 64.4 Å². The second kappa shape index (κ2) is 8.39. The minimum absolute atomic E-state index is 0.0699. The van der Waals surface area contributed by atoms with Crippen LogP contribution in [-0.2, 0) is 11.3 Å². The van der Waals surface area contributed by atoms with Crippen molar-refractivity contribution in [2.45, 2.75) is 44.1 Å². The summed E-state index contributed by atoms with van der Waals surface area (Å²) in [6, 6.07) is 15.0. The third kappa shape index (κ3) is 4.22. The Morgan fingerprint density at radius 1 is 1.19 bits per heavy atom. The lowest BCUT2D eigenvalue weighted by atomic mass is 10.2. The van der Waals surface area contributed by atoms with Crippen LogP contribution in [0.2, 0.25) is 0 Å². The Morgan fingerprint density at radius 3 is 2.67 bits per heavy atom. The van der Waals surface area contributed by atoms with E-state index in [0.717, 1.165) is 11.3 Å². The normalized spacial score (nSPS) is 12.1. The molecule has 140 valence electrons. The minimum Gasteiger partial charge on any atom is -0.325 e. The fourth-order valence-corrected chi connectivity index (χ4v) is 3.99. The Kier molecular flexibility index (Phi) is 5.96. The van der Waals surface area contributed by atoms with E-state index >= 15 is 0 Å². The number of nitrogens with zero attached hydrogens (tertiary/aromatic N) is 2. The first-order valence-corrected chi connectivity index (χ1v) is 9.95. The van der Waals surface area contributed by atoms with Crippen LogP contribution < -0.4 is 10.9 Å². The number of carbonyl (C=O) groups excluding carboxylic acids is 1. The maximum Gasteiger partial charge on any atom is 0.262 e. The van der Waals surface area contributed by atoms with Gasteiger partial charge in [-0.25, -0.2) is 4.98 Å². The van der Waals surface area contributed by atoms with E-state index in [0.29, 0.717) is 29.0 Å². The molecule has 1 aromatic heterocycles. The zero-order valence-corrected chi connectivity index (χ0v) is 16.5. The summed E-state index contributed by atoms with van der Waals surface area (Å²) in [5.41, 5.74) is 2.45. The molecule has 3 aromatic rings. The van der Waals surface area contributed by atoms with E-state index in [1.54, 1.807) is 10.6 Å². The number of hydrogen-bond acceptors (Lipinski definition) is 4. The van der Waals surface area contributed by atoms with Crippen molar-refractivity contribution in [1.82, 2.24) is 9.55 Å². The fourth-order valence-electron chi connectivity index (χ4n) is 2.91. The van der Waals surface area contributed by atoms with Gasteiger partial charge in [0.05, 0.1) is 16.2 Å². The highest BCUT2D eigenvalue weighted by molar-refractivity contribution is 8.00. The maximum absolute atomic E-state index is 12.8. The zero-order chi connectivity index (χ0) is 19.4. The number of aryl methyl sites for hydroxylation is 1. The standard InChI is InChI=1S/C21H23N3O2S/c1-4-18(19(25)22-15-10-8-9-14(3)13-15)27-21-23-17-12-7-6-11-16(17)20(26)24(21)5-2/h6-13,18H,4-5H2,1-3H3,(H,22,25). The summed E-state index contributed by atoms with van der Waals surface area (Å²) in [7, 11) is 0. The van der Waals surface area contributed by atoms with Crippen LogP contribution in [-0.4, -0.2) is 20.7 Å². The predicted octanol–water partition coefficient (Wildman–Crippen LogP) is 4.23. The van der Waals surface area contributed by atoms with Gasteiger partial charge in [0.25, 0.3) is 5.56 Å². The Bertz CT molecular complexity index is 1030. The van der Waals surface area contributed by atoms with Gasteiger partial charge in [-0.3, -0.25) is 14.2 Å². The highest BCUT2D eigenvalue weighted by atomic mass is 32.2. The van der Waals surface area contributed by atoms with Gasteiger partial charge in [0.2, 0.25) is 5.91 Å². The molecule has 1 heterocycles. The number of thioether (sulfide) groups is 1. The van der Waals surface area contributed by atoms with Crippen LogP contribution in [0.15, 0.2) is 58.5 Å². The lowest BCUT2D eigenvalue weighted by molar-refractivity contribution is -0.115. The summed E-state index contributed by atoms with van der Waals surface area (Å²) in [5.74, 6) is -0.0850. The summed E-state index contributed by atoms with van der Waals surface area (Å²) >= 11 is 1.34. The summed E-state index contributed by atoms with van der Waals surface area (Å²) < 4.78 is 1.63. The maximum atomic E-state index is 12.8. The Morgan fingerprint density at radius 2 is 1.96 bits per heavy atom. The van der Waals surface area contributed by atoms with E-state index in [9.17, 15) is 9.59 Å². The summed E-state index contributed by atoms with van der Waals surface area (Å²) in [6.45, 7) is 6.37. The third-order valence-corrected chi connectivity index (χ3v) is 5.69. The lowest BCUT2D eigenvalue weighted by Gasteiger charge is -2.17. The number of para-hydroxylation sites is 1. The molecule has 1 N–H and O–H groups in total. The first kappa shape index (κ1) is 19.2. The molecule has 0 aliphatic rings. The molecule has 1 amide bonds. The van der Waals surface area contributed by atoms with Gasteiger partial charge in [0, 0.05) is 12.2 Å².